The summed E-state index contributed by atoms with van der Waals surface area (Å²) in [6.45, 7) is 13.1. The molecule has 0 unspecified atom stereocenters. The smallest absolute Gasteiger partial charge is 0.451 e. The van der Waals surface area contributed by atoms with Crippen LogP contribution in [0.5, 0.6) is 0 Å². The summed E-state index contributed by atoms with van der Waals surface area (Å²) in [6.07, 6.45) is 5.83. The molecule has 0 aromatic rings. The molecule has 152 valence electrons. The zero-order valence-corrected chi connectivity index (χ0v) is 17.5. The maximum atomic E-state index is 11.1. The van der Waals surface area contributed by atoms with Crippen LogP contribution in [-0.4, -0.2) is 47.4 Å². The molecule has 1 saturated carbocycles. The lowest BCUT2D eigenvalue weighted by molar-refractivity contribution is -0.144. The highest BCUT2D eigenvalue weighted by Crippen LogP contribution is 2.30. The summed E-state index contributed by atoms with van der Waals surface area (Å²) >= 11 is 0. The van der Waals surface area contributed by atoms with E-state index >= 15 is 0 Å². The van der Waals surface area contributed by atoms with E-state index < -0.39 is 13.1 Å². The van der Waals surface area contributed by atoms with E-state index in [1.165, 1.54) is 19.9 Å². The zero-order valence-electron chi connectivity index (χ0n) is 17.5. The molecule has 1 aliphatic rings. The van der Waals surface area contributed by atoms with E-state index in [4.69, 9.17) is 15.2 Å². The van der Waals surface area contributed by atoms with Crippen LogP contribution in [0.4, 0.5) is 0 Å². The van der Waals surface area contributed by atoms with Gasteiger partial charge in [0, 0.05) is 5.54 Å². The van der Waals surface area contributed by atoms with Crippen molar-refractivity contribution in [3.8, 4) is 0 Å². The highest BCUT2D eigenvalue weighted by atomic mass is 16.4. The predicted octanol–water partition coefficient (Wildman–Crippen LogP) is 2.74. The van der Waals surface area contributed by atoms with E-state index in [0.717, 1.165) is 25.8 Å². The molecule has 6 N–H and O–H groups in total. The van der Waals surface area contributed by atoms with Gasteiger partial charge in [-0.05, 0) is 59.4 Å². The number of aliphatic carboxylic acids is 1. The summed E-state index contributed by atoms with van der Waals surface area (Å²) in [6, 6.07) is 0. The second-order valence-corrected chi connectivity index (χ2v) is 7.22. The number of carboxylic acid groups (broad SMARTS) is 1. The lowest BCUT2D eigenvalue weighted by atomic mass is 9.79. The van der Waals surface area contributed by atoms with Crippen molar-refractivity contribution in [2.24, 2.45) is 17.6 Å². The minimum atomic E-state index is -1.12. The summed E-state index contributed by atoms with van der Waals surface area (Å²) in [7, 11) is 0.384. The Kier molecular flexibility index (Phi) is 21.2. The van der Waals surface area contributed by atoms with E-state index in [0.29, 0.717) is 12.2 Å². The average molecular weight is 362 g/mol. The third kappa shape index (κ3) is 21.3. The van der Waals surface area contributed by atoms with Crippen molar-refractivity contribution in [2.45, 2.75) is 85.5 Å². The molecule has 0 amide bonds. The minimum absolute atomic E-state index is 0.0838. The van der Waals surface area contributed by atoms with Crippen molar-refractivity contribution in [1.29, 1.82) is 0 Å². The van der Waals surface area contributed by atoms with E-state index in [9.17, 15) is 4.79 Å². The first-order chi connectivity index (χ1) is 11.6. The van der Waals surface area contributed by atoms with Crippen molar-refractivity contribution in [2.75, 3.05) is 13.6 Å². The lowest BCUT2D eigenvalue weighted by Gasteiger charge is -2.31. The van der Waals surface area contributed by atoms with E-state index in [2.05, 4.69) is 45.7 Å². The van der Waals surface area contributed by atoms with Gasteiger partial charge in [-0.2, -0.15) is 0 Å². The van der Waals surface area contributed by atoms with Crippen molar-refractivity contribution in [3.63, 3.8) is 0 Å². The highest BCUT2D eigenvalue weighted by Gasteiger charge is 2.31. The van der Waals surface area contributed by atoms with E-state index in [-0.39, 0.29) is 11.5 Å². The Labute approximate surface area is 155 Å². The number of nitrogens with two attached hydrogens (primary N) is 1. The van der Waals surface area contributed by atoms with Crippen LogP contribution >= 0.6 is 0 Å². The predicted molar refractivity (Wildman–Crippen MR) is 108 cm³/mol. The van der Waals surface area contributed by atoms with Crippen LogP contribution in [0.2, 0.25) is 6.32 Å². The lowest BCUT2D eigenvalue weighted by Crippen LogP contribution is -2.42. The molecule has 2 atom stereocenters. The monoisotopic (exact) mass is 362 g/mol. The van der Waals surface area contributed by atoms with Crippen molar-refractivity contribution >= 4 is 13.1 Å². The quantitative estimate of drug-likeness (QED) is 0.491. The number of hydrogen-bond donors (Lipinski definition) is 5. The fourth-order valence-electron chi connectivity index (χ4n) is 2.21. The molecular formula is C18H43BN2O4. The number of carboxylic acids is 1. The van der Waals surface area contributed by atoms with Crippen molar-refractivity contribution < 1.29 is 19.9 Å². The summed E-state index contributed by atoms with van der Waals surface area (Å²) in [5.41, 5.74) is 4.58. The number of nitrogens with one attached hydrogen (secondary N) is 1. The number of rotatable bonds is 4. The Morgan fingerprint density at radius 2 is 1.52 bits per heavy atom. The molecule has 0 heterocycles. The number of carbonyl (C=O) groups is 1. The van der Waals surface area contributed by atoms with Gasteiger partial charge in [0.25, 0.3) is 0 Å². The largest absolute Gasteiger partial charge is 0.481 e. The van der Waals surface area contributed by atoms with Gasteiger partial charge in [0.15, 0.2) is 0 Å². The fraction of sp³-hybridized carbons (Fsp3) is 0.944. The molecule has 1 rings (SSSR count). The summed E-state index contributed by atoms with van der Waals surface area (Å²) in [4.78, 5) is 11.1. The van der Waals surface area contributed by atoms with Crippen LogP contribution in [0.1, 0.15) is 73.6 Å². The molecule has 0 saturated heterocycles. The second kappa shape index (κ2) is 18.2. The van der Waals surface area contributed by atoms with Crippen LogP contribution in [0.25, 0.3) is 0 Å². The van der Waals surface area contributed by atoms with Gasteiger partial charge in [-0.15, -0.1) is 0 Å². The third-order valence-corrected chi connectivity index (χ3v) is 3.49. The Balaban J connectivity index is -0.000000404. The molecule has 0 bridgehead atoms. The van der Waals surface area contributed by atoms with Gasteiger partial charge in [0.2, 0.25) is 0 Å². The Morgan fingerprint density at radius 3 is 1.84 bits per heavy atom. The first-order valence-corrected chi connectivity index (χ1v) is 9.50. The molecule has 7 heteroatoms. The molecule has 1 fully saturated rings. The molecule has 6 nitrogen and oxygen atoms in total. The van der Waals surface area contributed by atoms with Gasteiger partial charge in [-0.1, -0.05) is 40.0 Å². The number of hydrogen-bond acceptors (Lipinski definition) is 5. The van der Waals surface area contributed by atoms with Crippen molar-refractivity contribution in [1.82, 2.24) is 5.32 Å². The Morgan fingerprint density at radius 1 is 1.12 bits per heavy atom. The molecule has 1 aliphatic carbocycles. The van der Waals surface area contributed by atoms with Crippen LogP contribution < -0.4 is 11.1 Å². The van der Waals surface area contributed by atoms with Gasteiger partial charge in [-0.25, -0.2) is 0 Å². The Bertz CT molecular complexity index is 297. The van der Waals surface area contributed by atoms with Crippen LogP contribution in [0.15, 0.2) is 0 Å². The van der Waals surface area contributed by atoms with E-state index in [1.54, 1.807) is 6.92 Å². The van der Waals surface area contributed by atoms with E-state index in [1.807, 2.05) is 0 Å². The maximum Gasteiger partial charge on any atom is 0.451 e. The summed E-state index contributed by atoms with van der Waals surface area (Å²) in [5, 5.41) is 28.4. The zero-order chi connectivity index (χ0) is 20.5. The minimum Gasteiger partial charge on any atom is -0.481 e. The van der Waals surface area contributed by atoms with Gasteiger partial charge in [-0.3, -0.25) is 4.79 Å². The normalized spacial score (nSPS) is 19.1. The Hall–Kier alpha value is -0.625. The molecule has 0 aromatic heterocycles. The average Bonchev–Trinajstić information content (AvgIpc) is 2.55. The highest BCUT2D eigenvalue weighted by molar-refractivity contribution is 6.40. The van der Waals surface area contributed by atoms with Gasteiger partial charge in [0.05, 0.1) is 5.92 Å². The molecular weight excluding hydrogens is 319 g/mol. The molecule has 25 heavy (non-hydrogen) atoms. The molecule has 0 spiro atoms. The van der Waals surface area contributed by atoms with Crippen molar-refractivity contribution in [3.05, 3.63) is 0 Å². The van der Waals surface area contributed by atoms with Gasteiger partial charge >= 0.3 is 13.1 Å². The topological polar surface area (TPSA) is 116 Å². The first-order valence-electron chi connectivity index (χ1n) is 9.50. The van der Waals surface area contributed by atoms with Crippen LogP contribution in [-0.2, 0) is 4.79 Å². The fourth-order valence-corrected chi connectivity index (χ4v) is 2.21. The molecule has 0 aliphatic heterocycles. The molecule has 0 aromatic carbocycles. The first kappa shape index (κ1) is 29.1. The second-order valence-electron chi connectivity index (χ2n) is 7.22. The SMILES string of the molecule is CC(C)(C)NC[C@@H]1CCCC[C@@H]1C(=O)O.CCB(O)O.CCC.CN. The third-order valence-electron chi connectivity index (χ3n) is 3.49. The standard InChI is InChI=1S/C12H23NO2.C3H8.C2H7BO2.CH5N/c1-12(2,3)13-8-9-6-4-5-7-10(9)11(14)15;1-3-2;1-2-3(4)5;1-2/h9-10,13H,4-8H2,1-3H3,(H,14,15);3H2,1-2H3;4-5H,2H2,1H3;2H2,1H3/t9-,10-;;;/m0.../s1. The summed E-state index contributed by atoms with van der Waals surface area (Å²) in [5.74, 6) is -0.431. The maximum absolute atomic E-state index is 11.1. The van der Waals surface area contributed by atoms with Gasteiger partial charge < -0.3 is 26.2 Å². The summed E-state index contributed by atoms with van der Waals surface area (Å²) < 4.78 is 0. The molecule has 0 radical (unpaired) electrons. The van der Waals surface area contributed by atoms with Gasteiger partial charge in [0.1, 0.15) is 0 Å². The van der Waals surface area contributed by atoms with Crippen LogP contribution in [0, 0.1) is 11.8 Å². The van der Waals surface area contributed by atoms with Crippen LogP contribution in [0.3, 0.4) is 0 Å².